The van der Waals surface area contributed by atoms with Crippen LogP contribution in [0.15, 0.2) is 61.2 Å². The average molecular weight is 465 g/mol. The van der Waals surface area contributed by atoms with Crippen molar-refractivity contribution >= 4 is 18.0 Å². The number of nitrogens with one attached hydrogen (secondary N) is 1. The number of alkyl carbamates (subject to hydrolysis) is 1. The summed E-state index contributed by atoms with van der Waals surface area (Å²) >= 11 is 0. The number of allylic oxidation sites excluding steroid dienone is 1. The molecule has 0 bridgehead atoms. The zero-order valence-electron chi connectivity index (χ0n) is 19.5. The van der Waals surface area contributed by atoms with Crippen LogP contribution in [0.1, 0.15) is 49.7 Å². The van der Waals surface area contributed by atoms with Gasteiger partial charge in [0.25, 0.3) is 0 Å². The summed E-state index contributed by atoms with van der Waals surface area (Å²) in [4.78, 5) is 38.3. The summed E-state index contributed by atoms with van der Waals surface area (Å²) in [6, 6.07) is 15.3. The summed E-state index contributed by atoms with van der Waals surface area (Å²) in [7, 11) is 0. The number of carboxylic acids is 1. The largest absolute Gasteiger partial charge is 0.481 e. The number of carboxylic acid groups (broad SMARTS) is 1. The Kier molecular flexibility index (Phi) is 8.85. The minimum atomic E-state index is -0.971. The van der Waals surface area contributed by atoms with Gasteiger partial charge in [0.2, 0.25) is 5.91 Å². The van der Waals surface area contributed by atoms with Crippen LogP contribution in [-0.4, -0.2) is 53.7 Å². The molecule has 180 valence electrons. The molecule has 7 heteroatoms. The van der Waals surface area contributed by atoms with Gasteiger partial charge in [0.1, 0.15) is 12.6 Å². The van der Waals surface area contributed by atoms with E-state index < -0.39 is 18.1 Å². The van der Waals surface area contributed by atoms with Gasteiger partial charge in [-0.1, -0.05) is 61.5 Å². The van der Waals surface area contributed by atoms with Crippen molar-refractivity contribution in [2.24, 2.45) is 0 Å². The Hall–Kier alpha value is -3.61. The highest BCUT2D eigenvalue weighted by Crippen LogP contribution is 2.44. The topological polar surface area (TPSA) is 95.9 Å². The number of carbonyl (C=O) groups excluding carboxylic acids is 2. The van der Waals surface area contributed by atoms with Crippen molar-refractivity contribution in [2.45, 2.75) is 44.6 Å². The van der Waals surface area contributed by atoms with Crippen molar-refractivity contribution in [1.82, 2.24) is 10.2 Å². The predicted octanol–water partition coefficient (Wildman–Crippen LogP) is 4.57. The SMILES string of the molecule is C=CCCC(NC(=O)OCC1c2ccccc2-c2ccccc21)C(=O)N(CCC)CCC(=O)O. The van der Waals surface area contributed by atoms with Crippen molar-refractivity contribution in [2.75, 3.05) is 19.7 Å². The molecule has 0 fully saturated rings. The molecule has 2 amide bonds. The van der Waals surface area contributed by atoms with Gasteiger partial charge in [0.05, 0.1) is 6.42 Å². The van der Waals surface area contributed by atoms with Crippen molar-refractivity contribution < 1.29 is 24.2 Å². The van der Waals surface area contributed by atoms with E-state index in [9.17, 15) is 14.4 Å². The molecule has 3 rings (SSSR count). The summed E-state index contributed by atoms with van der Waals surface area (Å²) in [5, 5.41) is 11.7. The molecule has 1 unspecified atom stereocenters. The lowest BCUT2D eigenvalue weighted by atomic mass is 9.98. The van der Waals surface area contributed by atoms with Crippen molar-refractivity contribution in [1.29, 1.82) is 0 Å². The van der Waals surface area contributed by atoms with E-state index in [1.165, 1.54) is 4.90 Å². The minimum Gasteiger partial charge on any atom is -0.481 e. The number of aliphatic carboxylic acids is 1. The van der Waals surface area contributed by atoms with Crippen molar-refractivity contribution in [3.63, 3.8) is 0 Å². The fraction of sp³-hybridized carbons (Fsp3) is 0.370. The Bertz CT molecular complexity index is 990. The predicted molar refractivity (Wildman–Crippen MR) is 131 cm³/mol. The molecule has 1 aliphatic rings. The maximum absolute atomic E-state index is 13.1. The van der Waals surface area contributed by atoms with Gasteiger partial charge in [-0.3, -0.25) is 9.59 Å². The fourth-order valence-electron chi connectivity index (χ4n) is 4.38. The normalized spacial score (nSPS) is 12.9. The Labute approximate surface area is 200 Å². The molecule has 0 aliphatic heterocycles. The van der Waals surface area contributed by atoms with Crippen LogP contribution in [0.3, 0.4) is 0 Å². The molecular weight excluding hydrogens is 432 g/mol. The first-order valence-corrected chi connectivity index (χ1v) is 11.7. The lowest BCUT2D eigenvalue weighted by Gasteiger charge is -2.27. The van der Waals surface area contributed by atoms with Gasteiger partial charge in [-0.15, -0.1) is 6.58 Å². The smallest absolute Gasteiger partial charge is 0.407 e. The molecule has 2 aromatic carbocycles. The van der Waals surface area contributed by atoms with Gasteiger partial charge >= 0.3 is 12.1 Å². The van der Waals surface area contributed by atoms with Gasteiger partial charge in [-0.05, 0) is 41.5 Å². The molecule has 7 nitrogen and oxygen atoms in total. The number of carbonyl (C=O) groups is 3. The standard InChI is InChI=1S/C27H32N2O5/c1-3-5-14-24(26(32)29(16-4-2)17-15-25(30)31)28-27(33)34-18-23-21-12-8-6-10-19(21)20-11-7-9-13-22(20)23/h3,6-13,23-24H,1,4-5,14-18H2,2H3,(H,28,33)(H,30,31). The molecule has 0 aromatic heterocycles. The molecule has 2 aromatic rings. The molecule has 1 aliphatic carbocycles. The number of ether oxygens (including phenoxy) is 1. The maximum Gasteiger partial charge on any atom is 0.407 e. The minimum absolute atomic E-state index is 0.0763. The number of hydrogen-bond acceptors (Lipinski definition) is 4. The van der Waals surface area contributed by atoms with E-state index in [0.717, 1.165) is 22.3 Å². The summed E-state index contributed by atoms with van der Waals surface area (Å²) in [6.45, 7) is 6.28. The number of hydrogen-bond donors (Lipinski definition) is 2. The summed E-state index contributed by atoms with van der Waals surface area (Å²) in [6.07, 6.45) is 2.44. The van der Waals surface area contributed by atoms with Gasteiger partial charge in [0, 0.05) is 19.0 Å². The van der Waals surface area contributed by atoms with Gasteiger partial charge in [-0.25, -0.2) is 4.79 Å². The third-order valence-corrected chi connectivity index (χ3v) is 5.99. The third-order valence-electron chi connectivity index (χ3n) is 5.99. The monoisotopic (exact) mass is 464 g/mol. The van der Waals surface area contributed by atoms with Crippen LogP contribution >= 0.6 is 0 Å². The lowest BCUT2D eigenvalue weighted by Crippen LogP contribution is -2.49. The molecule has 2 N–H and O–H groups in total. The van der Waals surface area contributed by atoms with Crippen molar-refractivity contribution in [3.8, 4) is 11.1 Å². The second kappa shape index (κ2) is 12.0. The number of nitrogens with zero attached hydrogens (tertiary/aromatic N) is 1. The zero-order chi connectivity index (χ0) is 24.5. The van der Waals surface area contributed by atoms with Crippen LogP contribution in [0.2, 0.25) is 0 Å². The third kappa shape index (κ3) is 6.04. The summed E-state index contributed by atoms with van der Waals surface area (Å²) < 4.78 is 5.60. The number of amides is 2. The summed E-state index contributed by atoms with van der Waals surface area (Å²) in [5.41, 5.74) is 4.50. The zero-order valence-corrected chi connectivity index (χ0v) is 19.5. The lowest BCUT2D eigenvalue weighted by molar-refractivity contribution is -0.139. The molecule has 0 saturated heterocycles. The van der Waals surface area contributed by atoms with Crippen LogP contribution in [0, 0.1) is 0 Å². The second-order valence-corrected chi connectivity index (χ2v) is 8.36. The van der Waals surface area contributed by atoms with E-state index >= 15 is 0 Å². The first-order chi connectivity index (χ1) is 16.5. The van der Waals surface area contributed by atoms with E-state index in [0.29, 0.717) is 25.8 Å². The second-order valence-electron chi connectivity index (χ2n) is 8.36. The first kappa shape index (κ1) is 25.0. The maximum atomic E-state index is 13.1. The highest BCUT2D eigenvalue weighted by molar-refractivity contribution is 5.86. The number of benzene rings is 2. The van der Waals surface area contributed by atoms with E-state index in [4.69, 9.17) is 9.84 Å². The van der Waals surface area contributed by atoms with Gasteiger partial charge in [0.15, 0.2) is 0 Å². The highest BCUT2D eigenvalue weighted by Gasteiger charge is 2.30. The Morgan fingerprint density at radius 2 is 1.71 bits per heavy atom. The van der Waals surface area contributed by atoms with Crippen LogP contribution in [0.4, 0.5) is 4.79 Å². The number of rotatable bonds is 12. The van der Waals surface area contributed by atoms with Crippen LogP contribution in [0.25, 0.3) is 11.1 Å². The van der Waals surface area contributed by atoms with Gasteiger partial charge in [-0.2, -0.15) is 0 Å². The van der Waals surface area contributed by atoms with E-state index in [1.54, 1.807) is 6.08 Å². The first-order valence-electron chi connectivity index (χ1n) is 11.7. The summed E-state index contributed by atoms with van der Waals surface area (Å²) in [5.74, 6) is -1.35. The molecular formula is C27H32N2O5. The molecule has 34 heavy (non-hydrogen) atoms. The number of fused-ring (bicyclic) bond motifs is 3. The molecule has 0 spiro atoms. The highest BCUT2D eigenvalue weighted by atomic mass is 16.5. The molecule has 1 atom stereocenters. The van der Waals surface area contributed by atoms with Crippen LogP contribution < -0.4 is 5.32 Å². The average Bonchev–Trinajstić information content (AvgIpc) is 3.16. The Balaban J connectivity index is 1.67. The Morgan fingerprint density at radius 3 is 2.26 bits per heavy atom. The fourth-order valence-corrected chi connectivity index (χ4v) is 4.38. The van der Waals surface area contributed by atoms with E-state index in [-0.39, 0.29) is 31.4 Å². The molecule has 0 heterocycles. The van der Waals surface area contributed by atoms with E-state index in [1.807, 2.05) is 43.3 Å². The van der Waals surface area contributed by atoms with Gasteiger partial charge < -0.3 is 20.1 Å². The molecule has 0 saturated carbocycles. The van der Waals surface area contributed by atoms with Crippen LogP contribution in [-0.2, 0) is 14.3 Å². The Morgan fingerprint density at radius 1 is 1.09 bits per heavy atom. The van der Waals surface area contributed by atoms with E-state index in [2.05, 4.69) is 24.0 Å². The molecule has 0 radical (unpaired) electrons. The van der Waals surface area contributed by atoms with Crippen molar-refractivity contribution in [3.05, 3.63) is 72.3 Å². The quantitative estimate of drug-likeness (QED) is 0.449. The van der Waals surface area contributed by atoms with Crippen LogP contribution in [0.5, 0.6) is 0 Å².